The number of fused-ring (bicyclic) bond motifs is 1. The quantitative estimate of drug-likeness (QED) is 0.509. The minimum absolute atomic E-state index is 0.225. The fraction of sp³-hybridized carbons (Fsp3) is 0.636. The molecule has 156 valence electrons. The van der Waals surface area contributed by atoms with Crippen LogP contribution in [-0.4, -0.2) is 35.9 Å². The number of benzene rings is 1. The maximum atomic E-state index is 11.6. The van der Waals surface area contributed by atoms with Gasteiger partial charge in [-0.05, 0) is 88.5 Å². The summed E-state index contributed by atoms with van der Waals surface area (Å²) in [5.41, 5.74) is 2.04. The van der Waals surface area contributed by atoms with Crippen LogP contribution in [-0.2, 0) is 22.4 Å². The first-order valence-electron chi connectivity index (χ1n) is 10.2. The number of carbonyl (C=O) groups excluding carboxylic acids is 1. The Morgan fingerprint density at radius 1 is 1.21 bits per heavy atom. The van der Waals surface area contributed by atoms with Gasteiger partial charge < -0.3 is 19.9 Å². The van der Waals surface area contributed by atoms with Gasteiger partial charge in [-0.15, -0.1) is 0 Å². The van der Waals surface area contributed by atoms with Crippen LogP contribution in [0.1, 0.15) is 64.0 Å². The Morgan fingerprint density at radius 3 is 2.71 bits per heavy atom. The first-order chi connectivity index (χ1) is 13.2. The van der Waals surface area contributed by atoms with E-state index in [1.807, 2.05) is 26.8 Å². The normalized spacial score (nSPS) is 16.6. The molecule has 0 saturated carbocycles. The summed E-state index contributed by atoms with van der Waals surface area (Å²) in [6.07, 6.45) is 5.30. The highest BCUT2D eigenvalue weighted by molar-refractivity contribution is 5.67. The summed E-state index contributed by atoms with van der Waals surface area (Å²) in [4.78, 5) is 22.5. The van der Waals surface area contributed by atoms with E-state index in [2.05, 4.69) is 17.4 Å². The molecule has 1 aliphatic carbocycles. The molecule has 1 unspecified atom stereocenters. The molecule has 1 amide bonds. The van der Waals surface area contributed by atoms with Crippen molar-refractivity contribution < 1.29 is 24.2 Å². The molecule has 2 N–H and O–H groups in total. The monoisotopic (exact) mass is 391 g/mol. The Balaban J connectivity index is 1.71. The molecular formula is C22H33NO5. The summed E-state index contributed by atoms with van der Waals surface area (Å²) in [6.45, 7) is 6.68. The lowest BCUT2D eigenvalue weighted by Gasteiger charge is -2.19. The number of nitrogens with one attached hydrogen (secondary N) is 1. The van der Waals surface area contributed by atoms with E-state index < -0.39 is 11.6 Å². The Hall–Kier alpha value is -2.24. The molecule has 0 aromatic heterocycles. The summed E-state index contributed by atoms with van der Waals surface area (Å²) >= 11 is 0. The van der Waals surface area contributed by atoms with Gasteiger partial charge in [0.1, 0.15) is 11.4 Å². The highest BCUT2D eigenvalue weighted by Crippen LogP contribution is 2.29. The summed E-state index contributed by atoms with van der Waals surface area (Å²) in [6, 6.07) is 6.15. The molecule has 1 aromatic rings. The molecule has 1 aromatic carbocycles. The van der Waals surface area contributed by atoms with Crippen LogP contribution < -0.4 is 10.1 Å². The lowest BCUT2D eigenvalue weighted by Crippen LogP contribution is -2.33. The smallest absolute Gasteiger partial charge is 0.407 e. The standard InChI is InChI=1S/C22H33NO5/c1-22(2,3)28-21(26)23-11-4-5-12-27-19-10-9-18-13-16(14-20(24)25)7-6-8-17(18)15-19/h9-10,15-16H,4-8,11-14H2,1-3H3,(H,23,26)(H,24,25). The number of amides is 1. The van der Waals surface area contributed by atoms with Crippen molar-refractivity contribution in [2.75, 3.05) is 13.2 Å². The van der Waals surface area contributed by atoms with Crippen molar-refractivity contribution >= 4 is 12.1 Å². The van der Waals surface area contributed by atoms with Crippen LogP contribution in [0, 0.1) is 5.92 Å². The van der Waals surface area contributed by atoms with E-state index in [4.69, 9.17) is 14.6 Å². The van der Waals surface area contributed by atoms with Crippen LogP contribution in [0.2, 0.25) is 0 Å². The van der Waals surface area contributed by atoms with Crippen molar-refractivity contribution in [3.63, 3.8) is 0 Å². The number of aryl methyl sites for hydroxylation is 1. The van der Waals surface area contributed by atoms with Gasteiger partial charge >= 0.3 is 12.1 Å². The molecule has 0 radical (unpaired) electrons. The number of carbonyl (C=O) groups is 2. The van der Waals surface area contributed by atoms with Gasteiger partial charge in [-0.1, -0.05) is 6.07 Å². The van der Waals surface area contributed by atoms with E-state index in [9.17, 15) is 9.59 Å². The predicted octanol–water partition coefficient (Wildman–Crippen LogP) is 4.34. The molecule has 0 spiro atoms. The van der Waals surface area contributed by atoms with Gasteiger partial charge in [-0.2, -0.15) is 0 Å². The second-order valence-corrected chi connectivity index (χ2v) is 8.47. The Kier molecular flexibility index (Phi) is 8.15. The highest BCUT2D eigenvalue weighted by Gasteiger charge is 2.19. The third-order valence-corrected chi connectivity index (χ3v) is 4.72. The molecule has 1 aliphatic rings. The maximum absolute atomic E-state index is 11.6. The minimum Gasteiger partial charge on any atom is -0.494 e. The SMILES string of the molecule is CC(C)(C)OC(=O)NCCCCOc1ccc2c(c1)CCCC(CC(=O)O)C2. The second kappa shape index (κ2) is 10.3. The van der Waals surface area contributed by atoms with Crippen molar-refractivity contribution in [2.24, 2.45) is 5.92 Å². The molecule has 0 bridgehead atoms. The number of alkyl carbamates (subject to hydrolysis) is 1. The van der Waals surface area contributed by atoms with Gasteiger partial charge in [0.25, 0.3) is 0 Å². The summed E-state index contributed by atoms with van der Waals surface area (Å²) in [5, 5.41) is 11.8. The van der Waals surface area contributed by atoms with Crippen LogP contribution in [0.5, 0.6) is 5.75 Å². The van der Waals surface area contributed by atoms with E-state index in [1.165, 1.54) is 11.1 Å². The third-order valence-electron chi connectivity index (χ3n) is 4.72. The van der Waals surface area contributed by atoms with Crippen molar-refractivity contribution in [2.45, 2.75) is 71.3 Å². The lowest BCUT2D eigenvalue weighted by atomic mass is 9.94. The third kappa shape index (κ3) is 8.19. The first kappa shape index (κ1) is 22.1. The molecule has 0 heterocycles. The topological polar surface area (TPSA) is 84.9 Å². The minimum atomic E-state index is -0.713. The van der Waals surface area contributed by atoms with Gasteiger partial charge in [0, 0.05) is 13.0 Å². The predicted molar refractivity (Wildman–Crippen MR) is 108 cm³/mol. The first-order valence-corrected chi connectivity index (χ1v) is 10.2. The number of hydrogen-bond acceptors (Lipinski definition) is 4. The number of ether oxygens (including phenoxy) is 2. The van der Waals surface area contributed by atoms with E-state index in [1.54, 1.807) is 0 Å². The zero-order valence-electron chi connectivity index (χ0n) is 17.3. The largest absolute Gasteiger partial charge is 0.494 e. The molecular weight excluding hydrogens is 358 g/mol. The Morgan fingerprint density at radius 2 is 2.00 bits per heavy atom. The van der Waals surface area contributed by atoms with E-state index >= 15 is 0 Å². The van der Waals surface area contributed by atoms with Gasteiger partial charge in [0.05, 0.1) is 6.61 Å². The number of rotatable bonds is 8. The van der Waals surface area contributed by atoms with Crippen molar-refractivity contribution in [1.82, 2.24) is 5.32 Å². The fourth-order valence-electron chi connectivity index (χ4n) is 3.46. The molecule has 28 heavy (non-hydrogen) atoms. The summed E-state index contributed by atoms with van der Waals surface area (Å²) in [5.74, 6) is 0.369. The molecule has 0 saturated heterocycles. The van der Waals surface area contributed by atoms with Crippen LogP contribution >= 0.6 is 0 Å². The average molecular weight is 392 g/mol. The zero-order chi connectivity index (χ0) is 20.6. The lowest BCUT2D eigenvalue weighted by molar-refractivity contribution is -0.138. The van der Waals surface area contributed by atoms with Crippen LogP contribution in [0.4, 0.5) is 4.79 Å². The maximum Gasteiger partial charge on any atom is 0.407 e. The fourth-order valence-corrected chi connectivity index (χ4v) is 3.46. The zero-order valence-corrected chi connectivity index (χ0v) is 17.3. The number of unbranched alkanes of at least 4 members (excludes halogenated alkanes) is 1. The van der Waals surface area contributed by atoms with Crippen LogP contribution in [0.3, 0.4) is 0 Å². The second-order valence-electron chi connectivity index (χ2n) is 8.47. The van der Waals surface area contributed by atoms with E-state index in [-0.39, 0.29) is 18.4 Å². The number of carboxylic acids is 1. The van der Waals surface area contributed by atoms with E-state index in [0.717, 1.165) is 44.3 Å². The van der Waals surface area contributed by atoms with E-state index in [0.29, 0.717) is 13.2 Å². The number of hydrogen-bond donors (Lipinski definition) is 2. The van der Waals surface area contributed by atoms with Crippen LogP contribution in [0.25, 0.3) is 0 Å². The molecule has 6 nitrogen and oxygen atoms in total. The highest BCUT2D eigenvalue weighted by atomic mass is 16.6. The Bertz CT molecular complexity index is 665. The van der Waals surface area contributed by atoms with Gasteiger partial charge in [-0.3, -0.25) is 4.79 Å². The van der Waals surface area contributed by atoms with Gasteiger partial charge in [0.2, 0.25) is 0 Å². The molecule has 0 aliphatic heterocycles. The number of carboxylic acid groups (broad SMARTS) is 1. The van der Waals surface area contributed by atoms with Crippen molar-refractivity contribution in [3.05, 3.63) is 29.3 Å². The molecule has 1 atom stereocenters. The summed E-state index contributed by atoms with van der Waals surface area (Å²) in [7, 11) is 0. The van der Waals surface area contributed by atoms with Crippen molar-refractivity contribution in [3.8, 4) is 5.75 Å². The van der Waals surface area contributed by atoms with Crippen molar-refractivity contribution in [1.29, 1.82) is 0 Å². The molecule has 0 fully saturated rings. The average Bonchev–Trinajstić information content (AvgIpc) is 2.77. The summed E-state index contributed by atoms with van der Waals surface area (Å²) < 4.78 is 11.0. The number of aliphatic carboxylic acids is 1. The Labute approximate surface area is 167 Å². The van der Waals surface area contributed by atoms with Gasteiger partial charge in [-0.25, -0.2) is 4.79 Å². The molecule has 2 rings (SSSR count). The van der Waals surface area contributed by atoms with Crippen LogP contribution in [0.15, 0.2) is 18.2 Å². The van der Waals surface area contributed by atoms with Gasteiger partial charge in [0.15, 0.2) is 0 Å². The molecule has 6 heteroatoms.